The van der Waals surface area contributed by atoms with Crippen LogP contribution in [-0.4, -0.2) is 56.5 Å². The second-order valence-electron chi connectivity index (χ2n) is 7.52. The van der Waals surface area contributed by atoms with Gasteiger partial charge in [-0.1, -0.05) is 6.42 Å². The summed E-state index contributed by atoms with van der Waals surface area (Å²) in [6.45, 7) is 2.02. The highest BCUT2D eigenvalue weighted by atomic mass is 32.2. The Kier molecular flexibility index (Phi) is 5.09. The summed E-state index contributed by atoms with van der Waals surface area (Å²) in [5, 5.41) is 11.8. The van der Waals surface area contributed by atoms with Gasteiger partial charge in [-0.2, -0.15) is 4.31 Å². The lowest BCUT2D eigenvalue weighted by atomic mass is 9.91. The summed E-state index contributed by atoms with van der Waals surface area (Å²) in [5.41, 5.74) is 0.439. The van der Waals surface area contributed by atoms with E-state index in [2.05, 4.69) is 4.90 Å². The monoisotopic (exact) mass is 395 g/mol. The molecule has 1 aliphatic carbocycles. The molecule has 0 N–H and O–H groups in total. The predicted molar refractivity (Wildman–Crippen MR) is 100 cm³/mol. The Balaban J connectivity index is 1.69. The zero-order chi connectivity index (χ0) is 19.0. The van der Waals surface area contributed by atoms with Crippen molar-refractivity contribution in [2.24, 2.45) is 5.92 Å². The Bertz CT molecular complexity index is 822. The van der Waals surface area contributed by atoms with E-state index in [-0.39, 0.29) is 23.7 Å². The van der Waals surface area contributed by atoms with Crippen molar-refractivity contribution in [1.82, 2.24) is 4.31 Å². The number of fused-ring (bicyclic) bond motifs is 1. The minimum Gasteiger partial charge on any atom is -0.379 e. The number of hydrogen-bond acceptors (Lipinski definition) is 6. The van der Waals surface area contributed by atoms with E-state index >= 15 is 0 Å². The molecule has 3 fully saturated rings. The lowest BCUT2D eigenvalue weighted by Crippen LogP contribution is -2.43. The van der Waals surface area contributed by atoms with Crippen LogP contribution in [0.3, 0.4) is 0 Å². The van der Waals surface area contributed by atoms with Crippen molar-refractivity contribution in [2.75, 3.05) is 37.7 Å². The van der Waals surface area contributed by atoms with Crippen molar-refractivity contribution >= 4 is 21.4 Å². The van der Waals surface area contributed by atoms with Crippen LogP contribution in [-0.2, 0) is 14.8 Å². The molecule has 0 bridgehead atoms. The van der Waals surface area contributed by atoms with Crippen LogP contribution in [0.5, 0.6) is 0 Å². The molecular formula is C18H25N3O5S. The second kappa shape index (κ2) is 7.37. The van der Waals surface area contributed by atoms with E-state index in [0.717, 1.165) is 25.8 Å². The highest BCUT2D eigenvalue weighted by Crippen LogP contribution is 2.42. The van der Waals surface area contributed by atoms with Crippen LogP contribution >= 0.6 is 0 Å². The van der Waals surface area contributed by atoms with Crippen molar-refractivity contribution in [3.05, 3.63) is 28.3 Å². The zero-order valence-electron chi connectivity index (χ0n) is 15.2. The minimum atomic E-state index is -3.75. The first kappa shape index (κ1) is 18.6. The Morgan fingerprint density at radius 2 is 1.81 bits per heavy atom. The summed E-state index contributed by atoms with van der Waals surface area (Å²) in [6, 6.07) is 4.72. The van der Waals surface area contributed by atoms with Gasteiger partial charge in [-0.05, 0) is 43.7 Å². The number of hydrogen-bond donors (Lipinski definition) is 0. The van der Waals surface area contributed by atoms with Crippen molar-refractivity contribution in [3.8, 4) is 0 Å². The van der Waals surface area contributed by atoms with Crippen molar-refractivity contribution in [1.29, 1.82) is 0 Å². The van der Waals surface area contributed by atoms with E-state index in [4.69, 9.17) is 4.74 Å². The summed E-state index contributed by atoms with van der Waals surface area (Å²) in [6.07, 6.45) is 5.59. The Morgan fingerprint density at radius 3 is 2.56 bits per heavy atom. The molecule has 1 aromatic rings. The van der Waals surface area contributed by atoms with Gasteiger partial charge in [0.2, 0.25) is 10.0 Å². The summed E-state index contributed by atoms with van der Waals surface area (Å²) in [5.74, 6) is 0.593. The number of anilines is 1. The smallest absolute Gasteiger partial charge is 0.293 e. The lowest BCUT2D eigenvalue weighted by Gasteiger charge is -2.39. The number of nitrogens with zero attached hydrogens (tertiary/aromatic N) is 3. The molecule has 0 amide bonds. The molecule has 8 nitrogen and oxygen atoms in total. The molecule has 1 aromatic carbocycles. The molecule has 0 aromatic heterocycles. The highest BCUT2D eigenvalue weighted by molar-refractivity contribution is 7.89. The molecule has 27 heavy (non-hydrogen) atoms. The van der Waals surface area contributed by atoms with Gasteiger partial charge < -0.3 is 9.64 Å². The van der Waals surface area contributed by atoms with Gasteiger partial charge in [0, 0.05) is 31.7 Å². The van der Waals surface area contributed by atoms with Gasteiger partial charge in [-0.3, -0.25) is 10.1 Å². The molecule has 2 saturated heterocycles. The molecule has 0 unspecified atom stereocenters. The van der Waals surface area contributed by atoms with E-state index in [1.807, 2.05) is 0 Å². The van der Waals surface area contributed by atoms with Crippen LogP contribution < -0.4 is 4.90 Å². The standard InChI is InChI=1S/C18H25N3O5S/c22-21(23)18-13-15(27(24,25)19-9-11-26-12-10-19)6-7-17(18)20-8-2-4-14-3-1-5-16(14)20/h6-7,13-14,16H,1-5,8-12H2/t14-,16-/m0/s1. The average molecular weight is 395 g/mol. The maximum absolute atomic E-state index is 12.9. The molecule has 2 aliphatic heterocycles. The maximum Gasteiger partial charge on any atom is 0.293 e. The van der Waals surface area contributed by atoms with E-state index in [1.54, 1.807) is 6.07 Å². The summed E-state index contributed by atoms with van der Waals surface area (Å²) in [4.78, 5) is 13.4. The molecule has 4 rings (SSSR count). The topological polar surface area (TPSA) is 93.0 Å². The number of piperidine rings is 1. The molecule has 0 radical (unpaired) electrons. The van der Waals surface area contributed by atoms with Gasteiger partial charge in [0.1, 0.15) is 5.69 Å². The quantitative estimate of drug-likeness (QED) is 0.574. The molecule has 2 heterocycles. The number of morpholine rings is 1. The molecule has 1 saturated carbocycles. The molecular weight excluding hydrogens is 370 g/mol. The van der Waals surface area contributed by atoms with Crippen molar-refractivity contribution in [3.63, 3.8) is 0 Å². The molecule has 3 aliphatic rings. The van der Waals surface area contributed by atoms with Crippen molar-refractivity contribution in [2.45, 2.75) is 43.0 Å². The minimum absolute atomic E-state index is 0.0140. The highest BCUT2D eigenvalue weighted by Gasteiger charge is 2.38. The molecule has 9 heteroatoms. The zero-order valence-corrected chi connectivity index (χ0v) is 16.1. The first-order valence-electron chi connectivity index (χ1n) is 9.61. The lowest BCUT2D eigenvalue weighted by molar-refractivity contribution is -0.384. The van der Waals surface area contributed by atoms with Crippen LogP contribution in [0.25, 0.3) is 0 Å². The Morgan fingerprint density at radius 1 is 1.07 bits per heavy atom. The number of nitro groups is 1. The van der Waals surface area contributed by atoms with Gasteiger partial charge in [-0.15, -0.1) is 0 Å². The average Bonchev–Trinajstić information content (AvgIpc) is 3.17. The third-order valence-corrected chi connectivity index (χ3v) is 7.95. The van der Waals surface area contributed by atoms with Crippen LogP contribution in [0.1, 0.15) is 32.1 Å². The number of benzene rings is 1. The Labute approximate surface area is 159 Å². The van der Waals surface area contributed by atoms with Gasteiger partial charge in [0.25, 0.3) is 5.69 Å². The molecule has 148 valence electrons. The molecule has 0 spiro atoms. The maximum atomic E-state index is 12.9. The second-order valence-corrected chi connectivity index (χ2v) is 9.46. The first-order valence-corrected chi connectivity index (χ1v) is 11.1. The fourth-order valence-electron chi connectivity index (χ4n) is 4.74. The molecule has 2 atom stereocenters. The summed E-state index contributed by atoms with van der Waals surface area (Å²) < 4.78 is 32.3. The SMILES string of the molecule is O=[N+]([O-])c1cc(S(=O)(=O)N2CCOCC2)ccc1N1CCC[C@@H]2CCC[C@@H]21. The number of rotatable bonds is 4. The van der Waals surface area contributed by atoms with E-state index in [0.29, 0.717) is 30.9 Å². The van der Waals surface area contributed by atoms with E-state index < -0.39 is 14.9 Å². The van der Waals surface area contributed by atoms with Crippen LogP contribution in [0.2, 0.25) is 0 Å². The van der Waals surface area contributed by atoms with Gasteiger partial charge >= 0.3 is 0 Å². The number of ether oxygens (including phenoxy) is 1. The van der Waals surface area contributed by atoms with Crippen LogP contribution in [0.4, 0.5) is 11.4 Å². The van der Waals surface area contributed by atoms with Crippen molar-refractivity contribution < 1.29 is 18.1 Å². The van der Waals surface area contributed by atoms with Gasteiger partial charge in [0.05, 0.1) is 23.0 Å². The predicted octanol–water partition coefficient (Wildman–Crippen LogP) is 2.38. The summed E-state index contributed by atoms with van der Waals surface area (Å²) in [7, 11) is -3.75. The summed E-state index contributed by atoms with van der Waals surface area (Å²) >= 11 is 0. The third-order valence-electron chi connectivity index (χ3n) is 6.05. The van der Waals surface area contributed by atoms with Gasteiger partial charge in [-0.25, -0.2) is 8.42 Å². The Hall–Kier alpha value is -1.71. The third kappa shape index (κ3) is 3.43. The van der Waals surface area contributed by atoms with Crippen LogP contribution in [0.15, 0.2) is 23.1 Å². The fourth-order valence-corrected chi connectivity index (χ4v) is 6.17. The number of nitro benzene ring substituents is 1. The number of sulfonamides is 1. The van der Waals surface area contributed by atoms with Crippen LogP contribution in [0, 0.1) is 16.0 Å². The fraction of sp³-hybridized carbons (Fsp3) is 0.667. The first-order chi connectivity index (χ1) is 13.0. The van der Waals surface area contributed by atoms with Gasteiger partial charge in [0.15, 0.2) is 0 Å². The largest absolute Gasteiger partial charge is 0.379 e. The van der Waals surface area contributed by atoms with E-state index in [9.17, 15) is 18.5 Å². The normalized spacial score (nSPS) is 26.7. The van der Waals surface area contributed by atoms with E-state index in [1.165, 1.54) is 29.3 Å².